The van der Waals surface area contributed by atoms with E-state index in [4.69, 9.17) is 5.73 Å². The van der Waals surface area contributed by atoms with E-state index < -0.39 is 5.97 Å². The first-order chi connectivity index (χ1) is 8.08. The van der Waals surface area contributed by atoms with Crippen LogP contribution in [0.1, 0.15) is 24.3 Å². The highest BCUT2D eigenvalue weighted by atomic mass is 16.5. The predicted molar refractivity (Wildman–Crippen MR) is 64.7 cm³/mol. The van der Waals surface area contributed by atoms with E-state index in [0.717, 1.165) is 0 Å². The maximum absolute atomic E-state index is 11.3. The molecule has 1 aromatic heterocycles. The zero-order valence-electron chi connectivity index (χ0n) is 10.3. The molecule has 17 heavy (non-hydrogen) atoms. The number of esters is 1. The molecule has 0 spiro atoms. The predicted octanol–water partition coefficient (Wildman–Crippen LogP) is 0.658. The van der Waals surface area contributed by atoms with Gasteiger partial charge in [0.05, 0.1) is 19.5 Å². The Morgan fingerprint density at radius 3 is 2.76 bits per heavy atom. The summed E-state index contributed by atoms with van der Waals surface area (Å²) >= 11 is 0. The minimum Gasteiger partial charge on any atom is -0.464 e. The van der Waals surface area contributed by atoms with Gasteiger partial charge < -0.3 is 15.8 Å². The van der Waals surface area contributed by atoms with Crippen LogP contribution in [0, 0.1) is 5.92 Å². The molecule has 0 fully saturated rings. The van der Waals surface area contributed by atoms with E-state index in [2.05, 4.69) is 33.9 Å². The Bertz CT molecular complexity index is 381. The van der Waals surface area contributed by atoms with E-state index >= 15 is 0 Å². The average Bonchev–Trinajstić information content (AvgIpc) is 2.34. The molecular weight excluding hydrogens is 220 g/mol. The number of aromatic nitrogens is 2. The third-order valence-corrected chi connectivity index (χ3v) is 2.42. The summed E-state index contributed by atoms with van der Waals surface area (Å²) in [5.74, 6) is 0.385. The van der Waals surface area contributed by atoms with Crippen molar-refractivity contribution in [1.82, 2.24) is 9.97 Å². The van der Waals surface area contributed by atoms with Crippen molar-refractivity contribution in [2.75, 3.05) is 19.0 Å². The average molecular weight is 238 g/mol. The van der Waals surface area contributed by atoms with E-state index in [1.807, 2.05) is 0 Å². The SMILES string of the molecule is COC(=O)c1cncc(NC(CN)C(C)C)n1. The van der Waals surface area contributed by atoms with Gasteiger partial charge in [0.1, 0.15) is 5.82 Å². The first kappa shape index (κ1) is 13.4. The summed E-state index contributed by atoms with van der Waals surface area (Å²) < 4.78 is 4.58. The molecular formula is C11H18N4O2. The highest BCUT2D eigenvalue weighted by Gasteiger charge is 2.13. The number of hydrogen-bond donors (Lipinski definition) is 2. The van der Waals surface area contributed by atoms with Crippen LogP contribution in [0.2, 0.25) is 0 Å². The maximum Gasteiger partial charge on any atom is 0.358 e. The van der Waals surface area contributed by atoms with Crippen molar-refractivity contribution >= 4 is 11.8 Å². The Morgan fingerprint density at radius 2 is 2.24 bits per heavy atom. The molecule has 1 rings (SSSR count). The Labute approximate surface area is 101 Å². The molecule has 0 aromatic carbocycles. The second-order valence-corrected chi connectivity index (χ2v) is 4.01. The molecule has 0 aliphatic carbocycles. The van der Waals surface area contributed by atoms with E-state index in [9.17, 15) is 4.79 Å². The molecule has 1 atom stereocenters. The lowest BCUT2D eigenvalue weighted by atomic mass is 10.1. The summed E-state index contributed by atoms with van der Waals surface area (Å²) in [6.45, 7) is 4.60. The zero-order valence-corrected chi connectivity index (χ0v) is 10.3. The molecule has 0 aliphatic rings. The number of methoxy groups -OCH3 is 1. The quantitative estimate of drug-likeness (QED) is 0.732. The molecule has 0 radical (unpaired) electrons. The molecule has 0 saturated carbocycles. The van der Waals surface area contributed by atoms with E-state index in [1.54, 1.807) is 6.20 Å². The van der Waals surface area contributed by atoms with Crippen LogP contribution in [0.3, 0.4) is 0 Å². The molecule has 6 heteroatoms. The van der Waals surface area contributed by atoms with Gasteiger partial charge in [0.25, 0.3) is 0 Å². The highest BCUT2D eigenvalue weighted by molar-refractivity contribution is 5.87. The lowest BCUT2D eigenvalue weighted by molar-refractivity contribution is 0.0593. The van der Waals surface area contributed by atoms with Crippen LogP contribution >= 0.6 is 0 Å². The van der Waals surface area contributed by atoms with Gasteiger partial charge in [-0.2, -0.15) is 0 Å². The lowest BCUT2D eigenvalue weighted by Crippen LogP contribution is -2.34. The summed E-state index contributed by atoms with van der Waals surface area (Å²) in [7, 11) is 1.31. The monoisotopic (exact) mass is 238 g/mol. The fraction of sp³-hybridized carbons (Fsp3) is 0.545. The Hall–Kier alpha value is -1.69. The Kier molecular flexibility index (Phi) is 4.84. The van der Waals surface area contributed by atoms with Gasteiger partial charge in [0.15, 0.2) is 5.69 Å². The van der Waals surface area contributed by atoms with Crippen molar-refractivity contribution in [3.8, 4) is 0 Å². The molecule has 1 aromatic rings. The highest BCUT2D eigenvalue weighted by Crippen LogP contribution is 2.09. The fourth-order valence-corrected chi connectivity index (χ4v) is 1.33. The fourth-order valence-electron chi connectivity index (χ4n) is 1.33. The molecule has 94 valence electrons. The van der Waals surface area contributed by atoms with Gasteiger partial charge >= 0.3 is 5.97 Å². The smallest absolute Gasteiger partial charge is 0.358 e. The molecule has 1 unspecified atom stereocenters. The van der Waals surface area contributed by atoms with Crippen molar-refractivity contribution < 1.29 is 9.53 Å². The summed E-state index contributed by atoms with van der Waals surface area (Å²) in [5, 5.41) is 3.14. The van der Waals surface area contributed by atoms with Crippen molar-refractivity contribution in [2.45, 2.75) is 19.9 Å². The van der Waals surface area contributed by atoms with Gasteiger partial charge in [-0.15, -0.1) is 0 Å². The summed E-state index contributed by atoms with van der Waals surface area (Å²) in [6, 6.07) is 0.0946. The summed E-state index contributed by atoms with van der Waals surface area (Å²) in [6.07, 6.45) is 2.92. The largest absolute Gasteiger partial charge is 0.464 e. The second-order valence-electron chi connectivity index (χ2n) is 4.01. The normalized spacial score (nSPS) is 12.3. The molecule has 0 saturated heterocycles. The number of hydrogen-bond acceptors (Lipinski definition) is 6. The molecule has 0 amide bonds. The molecule has 1 heterocycles. The van der Waals surface area contributed by atoms with Crippen LogP contribution in [0.15, 0.2) is 12.4 Å². The maximum atomic E-state index is 11.3. The van der Waals surface area contributed by atoms with E-state index in [0.29, 0.717) is 18.3 Å². The number of nitrogens with two attached hydrogens (primary N) is 1. The van der Waals surface area contributed by atoms with Crippen LogP contribution in [0.5, 0.6) is 0 Å². The first-order valence-corrected chi connectivity index (χ1v) is 5.45. The molecule has 6 nitrogen and oxygen atoms in total. The summed E-state index contributed by atoms with van der Waals surface area (Å²) in [4.78, 5) is 19.3. The van der Waals surface area contributed by atoms with Crippen LogP contribution < -0.4 is 11.1 Å². The number of rotatable bonds is 5. The van der Waals surface area contributed by atoms with Crippen LogP contribution in [-0.4, -0.2) is 35.6 Å². The Balaban J connectivity index is 2.81. The van der Waals surface area contributed by atoms with Crippen LogP contribution in [0.4, 0.5) is 5.82 Å². The first-order valence-electron chi connectivity index (χ1n) is 5.45. The third kappa shape index (κ3) is 3.67. The standard InChI is InChI=1S/C11H18N4O2/c1-7(2)8(4-12)14-10-6-13-5-9(15-10)11(16)17-3/h5-8H,4,12H2,1-3H3,(H,14,15). The number of nitrogens with one attached hydrogen (secondary N) is 1. The van der Waals surface area contributed by atoms with Gasteiger partial charge in [0, 0.05) is 12.6 Å². The third-order valence-electron chi connectivity index (χ3n) is 2.42. The second kappa shape index (κ2) is 6.15. The molecule has 3 N–H and O–H groups in total. The molecule has 0 bridgehead atoms. The van der Waals surface area contributed by atoms with Crippen molar-refractivity contribution in [3.05, 3.63) is 18.1 Å². The Morgan fingerprint density at radius 1 is 1.53 bits per heavy atom. The van der Waals surface area contributed by atoms with Crippen LogP contribution in [0.25, 0.3) is 0 Å². The van der Waals surface area contributed by atoms with Gasteiger partial charge in [-0.05, 0) is 5.92 Å². The number of carbonyl (C=O) groups is 1. The van der Waals surface area contributed by atoms with Crippen molar-refractivity contribution in [2.24, 2.45) is 11.7 Å². The number of nitrogens with zero attached hydrogens (tertiary/aromatic N) is 2. The number of anilines is 1. The van der Waals surface area contributed by atoms with Gasteiger partial charge in [0.2, 0.25) is 0 Å². The van der Waals surface area contributed by atoms with Gasteiger partial charge in [-0.3, -0.25) is 4.98 Å². The van der Waals surface area contributed by atoms with Crippen molar-refractivity contribution in [3.63, 3.8) is 0 Å². The molecule has 0 aliphatic heterocycles. The van der Waals surface area contributed by atoms with E-state index in [1.165, 1.54) is 13.3 Å². The lowest BCUT2D eigenvalue weighted by Gasteiger charge is -2.20. The topological polar surface area (TPSA) is 90.1 Å². The summed E-state index contributed by atoms with van der Waals surface area (Å²) in [5.41, 5.74) is 5.82. The zero-order chi connectivity index (χ0) is 12.8. The van der Waals surface area contributed by atoms with Crippen LogP contribution in [-0.2, 0) is 4.74 Å². The number of ether oxygens (including phenoxy) is 1. The minimum absolute atomic E-state index is 0.0946. The minimum atomic E-state index is -0.505. The van der Waals surface area contributed by atoms with E-state index in [-0.39, 0.29) is 11.7 Å². The van der Waals surface area contributed by atoms with Gasteiger partial charge in [-0.25, -0.2) is 9.78 Å². The number of carbonyl (C=O) groups excluding carboxylic acids is 1. The van der Waals surface area contributed by atoms with Gasteiger partial charge in [-0.1, -0.05) is 13.8 Å². The van der Waals surface area contributed by atoms with Crippen molar-refractivity contribution in [1.29, 1.82) is 0 Å².